The summed E-state index contributed by atoms with van der Waals surface area (Å²) in [4.78, 5) is 14.0. The predicted molar refractivity (Wildman–Crippen MR) is 137 cm³/mol. The fraction of sp³-hybridized carbons (Fsp3) is 0.750. The van der Waals surface area contributed by atoms with Gasteiger partial charge in [0.1, 0.15) is 4.75 Å². The Morgan fingerprint density at radius 2 is 1.16 bits per heavy atom. The van der Waals surface area contributed by atoms with E-state index < -0.39 is 4.75 Å². The maximum atomic E-state index is 12.8. The van der Waals surface area contributed by atoms with Crippen LogP contribution in [0.2, 0.25) is 0 Å². The number of hydrogen-bond donors (Lipinski definition) is 0. The molecule has 0 bridgehead atoms. The van der Waals surface area contributed by atoms with Crippen molar-refractivity contribution in [3.63, 3.8) is 0 Å². The second-order valence-corrected chi connectivity index (χ2v) is 10.3. The molecule has 1 aromatic carbocycles. The predicted octanol–water partition coefficient (Wildman–Crippen LogP) is 9.36. The van der Waals surface area contributed by atoms with Gasteiger partial charge in [-0.25, -0.2) is 0 Å². The third-order valence-electron chi connectivity index (χ3n) is 6.30. The molecule has 0 saturated carbocycles. The lowest BCUT2D eigenvalue weighted by Gasteiger charge is -2.28. The fourth-order valence-electron chi connectivity index (χ4n) is 4.03. The highest BCUT2D eigenvalue weighted by Gasteiger charge is 2.37. The van der Waals surface area contributed by atoms with Crippen LogP contribution in [0.4, 0.5) is 0 Å². The maximum absolute atomic E-state index is 12.8. The van der Waals surface area contributed by atoms with E-state index in [9.17, 15) is 4.79 Å². The van der Waals surface area contributed by atoms with E-state index in [-0.39, 0.29) is 5.97 Å². The summed E-state index contributed by atoms with van der Waals surface area (Å²) < 4.78 is 5.25. The molecule has 3 heteroatoms. The summed E-state index contributed by atoms with van der Waals surface area (Å²) >= 11 is 1.66. The minimum atomic E-state index is -0.461. The molecule has 0 aliphatic heterocycles. The number of rotatable bonds is 20. The molecule has 0 aliphatic rings. The summed E-state index contributed by atoms with van der Waals surface area (Å²) in [6, 6.07) is 10.2. The van der Waals surface area contributed by atoms with Gasteiger partial charge in [-0.15, -0.1) is 11.8 Å². The van der Waals surface area contributed by atoms with Crippen molar-refractivity contribution < 1.29 is 9.53 Å². The summed E-state index contributed by atoms with van der Waals surface area (Å²) in [7, 11) is 0. The Morgan fingerprint density at radius 3 is 1.61 bits per heavy atom. The molecule has 0 radical (unpaired) electrons. The minimum absolute atomic E-state index is 0.0407. The standard InChI is InChI=1S/C28H48O2S/c1-4-7-8-9-10-11-12-13-14-15-16-17-18-22-25-30-27(29)28(5-2,6-3)31-26-23-20-19-21-24-26/h19-21,23-24H,4-18,22,25H2,1-3H3. The lowest BCUT2D eigenvalue weighted by atomic mass is 10.0. The molecule has 1 aromatic rings. The molecule has 0 amide bonds. The number of thioether (sulfide) groups is 1. The normalized spacial score (nSPS) is 11.6. The van der Waals surface area contributed by atoms with Crippen molar-refractivity contribution in [2.75, 3.05) is 6.61 Å². The van der Waals surface area contributed by atoms with Crippen LogP contribution >= 0.6 is 11.8 Å². The quantitative estimate of drug-likeness (QED) is 0.113. The molecule has 0 fully saturated rings. The largest absolute Gasteiger partial charge is 0.465 e. The van der Waals surface area contributed by atoms with Crippen molar-refractivity contribution >= 4 is 17.7 Å². The second kappa shape index (κ2) is 18.6. The van der Waals surface area contributed by atoms with Crippen LogP contribution in [0, 0.1) is 0 Å². The van der Waals surface area contributed by atoms with Gasteiger partial charge in [0.2, 0.25) is 0 Å². The van der Waals surface area contributed by atoms with Gasteiger partial charge >= 0.3 is 5.97 Å². The second-order valence-electron chi connectivity index (χ2n) is 8.85. The lowest BCUT2D eigenvalue weighted by Crippen LogP contribution is -2.35. The molecule has 178 valence electrons. The first kappa shape index (κ1) is 28.1. The topological polar surface area (TPSA) is 26.3 Å². The van der Waals surface area contributed by atoms with Gasteiger partial charge in [-0.05, 0) is 31.4 Å². The number of hydrogen-bond acceptors (Lipinski definition) is 3. The number of benzene rings is 1. The van der Waals surface area contributed by atoms with Gasteiger partial charge < -0.3 is 4.74 Å². The highest BCUT2D eigenvalue weighted by Crippen LogP contribution is 2.39. The van der Waals surface area contributed by atoms with Crippen LogP contribution in [0.25, 0.3) is 0 Å². The Balaban J connectivity index is 2.05. The molecule has 1 rings (SSSR count). The molecule has 0 saturated heterocycles. The monoisotopic (exact) mass is 448 g/mol. The van der Waals surface area contributed by atoms with Gasteiger partial charge in [0.05, 0.1) is 6.61 Å². The van der Waals surface area contributed by atoms with Crippen molar-refractivity contribution in [1.29, 1.82) is 0 Å². The van der Waals surface area contributed by atoms with E-state index in [1.54, 1.807) is 11.8 Å². The maximum Gasteiger partial charge on any atom is 0.322 e. The van der Waals surface area contributed by atoms with E-state index in [1.165, 1.54) is 83.5 Å². The van der Waals surface area contributed by atoms with Gasteiger partial charge in [-0.3, -0.25) is 4.79 Å². The lowest BCUT2D eigenvalue weighted by molar-refractivity contribution is -0.147. The first-order chi connectivity index (χ1) is 15.2. The number of unbranched alkanes of at least 4 members (excludes halogenated alkanes) is 13. The van der Waals surface area contributed by atoms with Crippen molar-refractivity contribution in [2.24, 2.45) is 0 Å². The average molecular weight is 449 g/mol. The summed E-state index contributed by atoms with van der Waals surface area (Å²) in [5, 5.41) is 0. The van der Waals surface area contributed by atoms with E-state index in [2.05, 4.69) is 32.9 Å². The summed E-state index contributed by atoms with van der Waals surface area (Å²) in [6.45, 7) is 7.02. The summed E-state index contributed by atoms with van der Waals surface area (Å²) in [6.07, 6.45) is 20.4. The van der Waals surface area contributed by atoms with E-state index in [1.807, 2.05) is 18.2 Å². The molecule has 0 aromatic heterocycles. The van der Waals surface area contributed by atoms with E-state index in [0.29, 0.717) is 6.61 Å². The Kier molecular flexibility index (Phi) is 16.8. The SMILES string of the molecule is CCCCCCCCCCCCCCCCOC(=O)C(CC)(CC)Sc1ccccc1. The molecular weight excluding hydrogens is 400 g/mol. The Hall–Kier alpha value is -0.960. The molecule has 0 spiro atoms. The van der Waals surface area contributed by atoms with Crippen LogP contribution in [-0.2, 0) is 9.53 Å². The smallest absolute Gasteiger partial charge is 0.322 e. The van der Waals surface area contributed by atoms with Crippen LogP contribution in [0.3, 0.4) is 0 Å². The zero-order valence-electron chi connectivity index (χ0n) is 20.6. The first-order valence-electron chi connectivity index (χ1n) is 13.1. The third-order valence-corrected chi connectivity index (χ3v) is 7.94. The van der Waals surface area contributed by atoms with Crippen LogP contribution in [-0.4, -0.2) is 17.3 Å². The number of ether oxygens (including phenoxy) is 1. The van der Waals surface area contributed by atoms with Gasteiger partial charge in [0.15, 0.2) is 0 Å². The van der Waals surface area contributed by atoms with E-state index in [0.717, 1.165) is 24.2 Å². The summed E-state index contributed by atoms with van der Waals surface area (Å²) in [5.74, 6) is -0.0407. The van der Waals surface area contributed by atoms with Crippen LogP contribution in [0.5, 0.6) is 0 Å². The highest BCUT2D eigenvalue weighted by atomic mass is 32.2. The van der Waals surface area contributed by atoms with Crippen LogP contribution in [0.15, 0.2) is 35.2 Å². The molecular formula is C28H48O2S. The Morgan fingerprint density at radius 1 is 0.710 bits per heavy atom. The molecule has 2 nitrogen and oxygen atoms in total. The number of carbonyl (C=O) groups excluding carboxylic acids is 1. The van der Waals surface area contributed by atoms with Crippen molar-refractivity contribution in [3.05, 3.63) is 30.3 Å². The van der Waals surface area contributed by atoms with Gasteiger partial charge in [-0.1, -0.05) is 122 Å². The molecule has 0 atom stereocenters. The van der Waals surface area contributed by atoms with Gasteiger partial charge in [0, 0.05) is 4.90 Å². The van der Waals surface area contributed by atoms with Crippen LogP contribution < -0.4 is 0 Å². The first-order valence-corrected chi connectivity index (χ1v) is 13.9. The average Bonchev–Trinajstić information content (AvgIpc) is 2.80. The highest BCUT2D eigenvalue weighted by molar-refractivity contribution is 8.01. The third kappa shape index (κ3) is 12.6. The fourth-order valence-corrected chi connectivity index (χ4v) is 5.21. The Bertz CT molecular complexity index is 539. The molecule has 0 N–H and O–H groups in total. The molecule has 0 aliphatic carbocycles. The number of carbonyl (C=O) groups is 1. The Labute approximate surface area is 197 Å². The summed E-state index contributed by atoms with van der Waals surface area (Å²) in [5.41, 5.74) is 0. The van der Waals surface area contributed by atoms with Gasteiger partial charge in [-0.2, -0.15) is 0 Å². The van der Waals surface area contributed by atoms with Crippen LogP contribution in [0.1, 0.15) is 124 Å². The number of esters is 1. The van der Waals surface area contributed by atoms with E-state index >= 15 is 0 Å². The van der Waals surface area contributed by atoms with E-state index in [4.69, 9.17) is 4.74 Å². The van der Waals surface area contributed by atoms with Gasteiger partial charge in [0.25, 0.3) is 0 Å². The zero-order chi connectivity index (χ0) is 22.6. The molecule has 0 unspecified atom stereocenters. The van der Waals surface area contributed by atoms with Crippen molar-refractivity contribution in [3.8, 4) is 0 Å². The zero-order valence-corrected chi connectivity index (χ0v) is 21.4. The van der Waals surface area contributed by atoms with Crippen molar-refractivity contribution in [2.45, 2.75) is 133 Å². The van der Waals surface area contributed by atoms with Crippen molar-refractivity contribution in [1.82, 2.24) is 0 Å². The molecule has 31 heavy (non-hydrogen) atoms. The molecule has 0 heterocycles. The minimum Gasteiger partial charge on any atom is -0.465 e.